The molecule has 1 aliphatic carbocycles. The highest BCUT2D eigenvalue weighted by atomic mass is 79.9. The maximum Gasteiger partial charge on any atom is 0.198 e. The van der Waals surface area contributed by atoms with Crippen molar-refractivity contribution in [3.63, 3.8) is 0 Å². The average Bonchev–Trinajstić information content (AvgIpc) is 2.83. The van der Waals surface area contributed by atoms with Gasteiger partial charge in [0.2, 0.25) is 0 Å². The van der Waals surface area contributed by atoms with Crippen molar-refractivity contribution < 1.29 is 14.4 Å². The van der Waals surface area contributed by atoms with Gasteiger partial charge < -0.3 is 9.63 Å². The summed E-state index contributed by atoms with van der Waals surface area (Å²) in [6, 6.07) is 8.62. The lowest BCUT2D eigenvalue weighted by atomic mass is 9.87. The van der Waals surface area contributed by atoms with E-state index in [2.05, 4.69) is 21.1 Å². The van der Waals surface area contributed by atoms with Gasteiger partial charge >= 0.3 is 0 Å². The smallest absolute Gasteiger partial charge is 0.198 e. The van der Waals surface area contributed by atoms with Crippen LogP contribution >= 0.6 is 15.9 Å². The van der Waals surface area contributed by atoms with Gasteiger partial charge in [0.05, 0.1) is 15.4 Å². The molecule has 19 heavy (non-hydrogen) atoms. The minimum atomic E-state index is -0.207. The molecule has 1 aromatic heterocycles. The van der Waals surface area contributed by atoms with Gasteiger partial charge in [0, 0.05) is 11.1 Å². The second-order valence-electron chi connectivity index (χ2n) is 4.36. The average molecular weight is 316 g/mol. The molecule has 0 saturated heterocycles. The number of rotatable bonds is 0. The summed E-state index contributed by atoms with van der Waals surface area (Å²) < 4.78 is 5.97. The summed E-state index contributed by atoms with van der Waals surface area (Å²) in [7, 11) is 0. The number of fused-ring (bicyclic) bond motifs is 2. The van der Waals surface area contributed by atoms with Crippen LogP contribution in [0.1, 0.15) is 15.9 Å². The summed E-state index contributed by atoms with van der Waals surface area (Å²) in [5.41, 5.74) is 2.03. The van der Waals surface area contributed by atoms with E-state index in [4.69, 9.17) is 4.52 Å². The Bertz CT molecular complexity index is 866. The van der Waals surface area contributed by atoms with Crippen LogP contribution in [0.25, 0.3) is 22.2 Å². The van der Waals surface area contributed by atoms with Crippen molar-refractivity contribution in [2.45, 2.75) is 0 Å². The quantitative estimate of drug-likeness (QED) is 0.539. The van der Waals surface area contributed by atoms with Crippen LogP contribution in [0.3, 0.4) is 0 Å². The Balaban J connectivity index is 2.28. The Morgan fingerprint density at radius 2 is 1.95 bits per heavy atom. The molecule has 0 fully saturated rings. The van der Waals surface area contributed by atoms with E-state index in [1.807, 2.05) is 12.1 Å². The molecule has 0 spiro atoms. The van der Waals surface area contributed by atoms with Crippen LogP contribution < -0.4 is 0 Å². The predicted molar refractivity (Wildman–Crippen MR) is 72.2 cm³/mol. The summed E-state index contributed by atoms with van der Waals surface area (Å²) in [6.45, 7) is 0. The monoisotopic (exact) mass is 315 g/mol. The van der Waals surface area contributed by atoms with Gasteiger partial charge in [-0.05, 0) is 22.0 Å². The van der Waals surface area contributed by atoms with Crippen LogP contribution in [-0.4, -0.2) is 16.0 Å². The summed E-state index contributed by atoms with van der Waals surface area (Å²) in [5, 5.41) is 14.6. The van der Waals surface area contributed by atoms with E-state index in [1.54, 1.807) is 12.1 Å². The van der Waals surface area contributed by atoms with Crippen molar-refractivity contribution in [3.05, 3.63) is 45.9 Å². The molecule has 2 aromatic carbocycles. The Labute approximate surface area is 115 Å². The lowest BCUT2D eigenvalue weighted by molar-refractivity contribution is 0.103. The van der Waals surface area contributed by atoms with Crippen molar-refractivity contribution in [2.24, 2.45) is 0 Å². The molecule has 92 valence electrons. The lowest BCUT2D eigenvalue weighted by Crippen LogP contribution is -2.08. The topological polar surface area (TPSA) is 63.3 Å². The number of halogens is 1. The number of benzene rings is 2. The fraction of sp³-hybridized carbons (Fsp3) is 0. The second kappa shape index (κ2) is 3.45. The Morgan fingerprint density at radius 3 is 2.74 bits per heavy atom. The Hall–Kier alpha value is -2.14. The van der Waals surface area contributed by atoms with Gasteiger partial charge in [-0.3, -0.25) is 4.79 Å². The van der Waals surface area contributed by atoms with Gasteiger partial charge in [0.1, 0.15) is 11.3 Å². The summed E-state index contributed by atoms with van der Waals surface area (Å²) in [6.07, 6.45) is 0. The van der Waals surface area contributed by atoms with Crippen LogP contribution in [0, 0.1) is 0 Å². The minimum Gasteiger partial charge on any atom is -0.507 e. The van der Waals surface area contributed by atoms with Crippen LogP contribution in [-0.2, 0) is 0 Å². The predicted octanol–water partition coefficient (Wildman–Crippen LogP) is 3.51. The number of phenols is 1. The maximum atomic E-state index is 12.5. The Kier molecular flexibility index (Phi) is 1.95. The van der Waals surface area contributed by atoms with E-state index < -0.39 is 0 Å². The van der Waals surface area contributed by atoms with Gasteiger partial charge in [-0.15, -0.1) is 0 Å². The number of hydrogen-bond donors (Lipinski definition) is 1. The second-order valence-corrected chi connectivity index (χ2v) is 5.22. The number of phenolic OH excluding ortho intramolecular Hbond substituents is 1. The van der Waals surface area contributed by atoms with Crippen molar-refractivity contribution in [2.75, 3.05) is 0 Å². The van der Waals surface area contributed by atoms with Crippen LogP contribution in [0.4, 0.5) is 0 Å². The number of hydrogen-bond acceptors (Lipinski definition) is 4. The summed E-state index contributed by atoms with van der Waals surface area (Å²) >= 11 is 3.31. The van der Waals surface area contributed by atoms with Gasteiger partial charge in [0.15, 0.2) is 11.5 Å². The molecule has 1 N–H and O–H groups in total. The molecular weight excluding hydrogens is 310 g/mol. The van der Waals surface area contributed by atoms with Crippen molar-refractivity contribution in [1.29, 1.82) is 0 Å². The van der Waals surface area contributed by atoms with Crippen LogP contribution in [0.2, 0.25) is 0 Å². The van der Waals surface area contributed by atoms with Gasteiger partial charge in [-0.2, -0.15) is 0 Å². The molecule has 0 radical (unpaired) electrons. The van der Waals surface area contributed by atoms with E-state index >= 15 is 0 Å². The molecule has 0 bridgehead atoms. The summed E-state index contributed by atoms with van der Waals surface area (Å²) in [4.78, 5) is 12.5. The fourth-order valence-electron chi connectivity index (χ4n) is 2.50. The van der Waals surface area contributed by atoms with Gasteiger partial charge in [-0.1, -0.05) is 29.4 Å². The van der Waals surface area contributed by atoms with E-state index in [-0.39, 0.29) is 17.1 Å². The molecule has 4 nitrogen and oxygen atoms in total. The highest BCUT2D eigenvalue weighted by molar-refractivity contribution is 9.10. The highest BCUT2D eigenvalue weighted by Gasteiger charge is 2.32. The molecule has 3 aromatic rings. The normalized spacial score (nSPS) is 12.8. The van der Waals surface area contributed by atoms with Gasteiger partial charge in [-0.25, -0.2) is 0 Å². The third-order valence-electron chi connectivity index (χ3n) is 3.33. The van der Waals surface area contributed by atoms with E-state index in [0.717, 1.165) is 0 Å². The van der Waals surface area contributed by atoms with E-state index in [1.165, 1.54) is 6.07 Å². The number of aromatic hydroxyl groups is 1. The zero-order chi connectivity index (χ0) is 13.1. The van der Waals surface area contributed by atoms with Crippen molar-refractivity contribution in [3.8, 4) is 17.1 Å². The molecule has 4 rings (SSSR count). The number of ketones is 1. The number of carbonyl (C=O) groups excluding carboxylic acids is 1. The van der Waals surface area contributed by atoms with Crippen LogP contribution in [0.5, 0.6) is 5.75 Å². The van der Waals surface area contributed by atoms with E-state index in [9.17, 15) is 9.90 Å². The molecule has 0 saturated carbocycles. The first-order valence-corrected chi connectivity index (χ1v) is 6.42. The maximum absolute atomic E-state index is 12.5. The first-order chi connectivity index (χ1) is 9.18. The third-order valence-corrected chi connectivity index (χ3v) is 3.94. The molecule has 0 unspecified atom stereocenters. The molecule has 0 aliphatic heterocycles. The standard InChI is InChI=1S/C14H6BrNO3/c15-8-5-9(17)10-11-12(8)16-19-14(11)7-4-2-1-3-6(7)13(10)18/h1-5,17H. The summed E-state index contributed by atoms with van der Waals surface area (Å²) in [5.74, 6) is 0.251. The molecular formula is C14H6BrNO3. The zero-order valence-electron chi connectivity index (χ0n) is 9.48. The van der Waals surface area contributed by atoms with Crippen molar-refractivity contribution >= 4 is 32.6 Å². The number of carbonyl (C=O) groups is 1. The van der Waals surface area contributed by atoms with Crippen molar-refractivity contribution in [1.82, 2.24) is 5.16 Å². The lowest BCUT2D eigenvalue weighted by Gasteiger charge is -2.14. The fourth-order valence-corrected chi connectivity index (χ4v) is 2.99. The first kappa shape index (κ1) is 10.8. The van der Waals surface area contributed by atoms with Gasteiger partial charge in [0.25, 0.3) is 0 Å². The molecule has 5 heteroatoms. The third kappa shape index (κ3) is 1.23. The molecule has 0 amide bonds. The highest BCUT2D eigenvalue weighted by Crippen LogP contribution is 2.44. The molecule has 1 heterocycles. The largest absolute Gasteiger partial charge is 0.507 e. The molecule has 1 aliphatic rings. The number of aromatic nitrogens is 1. The van der Waals surface area contributed by atoms with E-state index in [0.29, 0.717) is 32.3 Å². The Morgan fingerprint density at radius 1 is 1.21 bits per heavy atom. The molecule has 0 atom stereocenters. The SMILES string of the molecule is O=C1c2ccccc2-c2onc3c(Br)cc(O)c1c23. The zero-order valence-corrected chi connectivity index (χ0v) is 11.1. The number of nitrogens with zero attached hydrogens (tertiary/aromatic N) is 1. The van der Waals surface area contributed by atoms with Crippen LogP contribution in [0.15, 0.2) is 39.3 Å². The first-order valence-electron chi connectivity index (χ1n) is 5.63. The minimum absolute atomic E-state index is 0.0664.